The minimum Gasteiger partial charge on any atom is -0.507 e. The first-order chi connectivity index (χ1) is 17.5. The minimum absolute atomic E-state index is 0.0413. The van der Waals surface area contributed by atoms with Crippen LogP contribution < -0.4 is 4.74 Å². The zero-order valence-electron chi connectivity index (χ0n) is 20.6. The molecule has 0 spiro atoms. The minimum atomic E-state index is -0.640. The number of benzene rings is 3. The third-order valence-electron chi connectivity index (χ3n) is 7.15. The molecule has 0 radical (unpaired) electrons. The van der Waals surface area contributed by atoms with E-state index in [0.29, 0.717) is 22.8 Å². The van der Waals surface area contributed by atoms with Crippen LogP contribution in [0, 0.1) is 0 Å². The summed E-state index contributed by atoms with van der Waals surface area (Å²) in [5.41, 5.74) is 0.965. The predicted octanol–water partition coefficient (Wildman–Crippen LogP) is 3.84. The molecule has 0 amide bonds. The van der Waals surface area contributed by atoms with Crippen LogP contribution in [0.3, 0.4) is 0 Å². The predicted molar refractivity (Wildman–Crippen MR) is 131 cm³/mol. The first-order valence-electron chi connectivity index (χ1n) is 11.7. The zero-order chi connectivity index (χ0) is 25.6. The quantitative estimate of drug-likeness (QED) is 0.433. The molecule has 36 heavy (non-hydrogen) atoms. The van der Waals surface area contributed by atoms with Gasteiger partial charge in [-0.2, -0.15) is 0 Å². The molecular weight excluding hydrogens is 464 g/mol. The zero-order valence-corrected chi connectivity index (χ0v) is 20.6. The molecule has 1 aliphatic carbocycles. The fraction of sp³-hybridized carbons (Fsp3) is 0.357. The van der Waals surface area contributed by atoms with E-state index in [1.165, 1.54) is 7.11 Å². The second-order valence-electron chi connectivity index (χ2n) is 8.93. The molecule has 2 aliphatic rings. The van der Waals surface area contributed by atoms with E-state index in [2.05, 4.69) is 0 Å². The molecule has 8 heteroatoms. The summed E-state index contributed by atoms with van der Waals surface area (Å²) in [4.78, 5) is 27.5. The first kappa shape index (κ1) is 24.4. The molecule has 1 heterocycles. The third-order valence-corrected chi connectivity index (χ3v) is 7.15. The van der Waals surface area contributed by atoms with Crippen molar-refractivity contribution in [2.45, 2.75) is 30.8 Å². The van der Waals surface area contributed by atoms with Crippen molar-refractivity contribution in [3.05, 3.63) is 70.3 Å². The Hall–Kier alpha value is -3.30. The van der Waals surface area contributed by atoms with Gasteiger partial charge in [-0.25, -0.2) is 0 Å². The Balaban J connectivity index is 1.75. The molecule has 3 aromatic rings. The van der Waals surface area contributed by atoms with Gasteiger partial charge < -0.3 is 28.8 Å². The van der Waals surface area contributed by atoms with Gasteiger partial charge in [0, 0.05) is 44.4 Å². The van der Waals surface area contributed by atoms with E-state index < -0.39 is 18.0 Å². The lowest BCUT2D eigenvalue weighted by molar-refractivity contribution is -0.200. The van der Waals surface area contributed by atoms with Crippen molar-refractivity contribution in [1.29, 1.82) is 0 Å². The maximum Gasteiger partial charge on any atom is 0.202 e. The number of methoxy groups -OCH3 is 4. The molecule has 5 rings (SSSR count). The Morgan fingerprint density at radius 2 is 1.64 bits per heavy atom. The van der Waals surface area contributed by atoms with E-state index in [0.717, 1.165) is 0 Å². The van der Waals surface area contributed by atoms with Crippen molar-refractivity contribution >= 4 is 22.3 Å². The second-order valence-corrected chi connectivity index (χ2v) is 8.93. The number of hydrogen-bond donors (Lipinski definition) is 1. The summed E-state index contributed by atoms with van der Waals surface area (Å²) in [6.45, 7) is 0.250. The van der Waals surface area contributed by atoms with Crippen molar-refractivity contribution in [3.8, 4) is 11.5 Å². The van der Waals surface area contributed by atoms with Crippen molar-refractivity contribution in [3.63, 3.8) is 0 Å². The average molecular weight is 493 g/mol. The van der Waals surface area contributed by atoms with Crippen LogP contribution in [-0.2, 0) is 18.9 Å². The van der Waals surface area contributed by atoms with Crippen molar-refractivity contribution in [2.24, 2.45) is 0 Å². The number of carbonyl (C=O) groups excluding carboxylic acids is 2. The molecule has 1 N–H and O–H groups in total. The number of phenols is 1. The fourth-order valence-corrected chi connectivity index (χ4v) is 5.57. The van der Waals surface area contributed by atoms with Gasteiger partial charge >= 0.3 is 0 Å². The van der Waals surface area contributed by atoms with E-state index in [4.69, 9.17) is 23.7 Å². The maximum absolute atomic E-state index is 13.8. The highest BCUT2D eigenvalue weighted by Gasteiger charge is 2.43. The fourth-order valence-electron chi connectivity index (χ4n) is 5.57. The normalized spacial score (nSPS) is 23.4. The van der Waals surface area contributed by atoms with Crippen LogP contribution in [0.15, 0.2) is 42.5 Å². The van der Waals surface area contributed by atoms with Crippen LogP contribution in [-0.4, -0.2) is 70.0 Å². The highest BCUT2D eigenvalue weighted by Crippen LogP contribution is 2.48. The molecule has 0 saturated carbocycles. The monoisotopic (exact) mass is 492 g/mol. The number of rotatable bonds is 6. The Labute approximate surface area is 208 Å². The van der Waals surface area contributed by atoms with Gasteiger partial charge in [-0.1, -0.05) is 36.4 Å². The van der Waals surface area contributed by atoms with Gasteiger partial charge in [0.25, 0.3) is 0 Å². The molecular formula is C28H28O8. The van der Waals surface area contributed by atoms with E-state index in [-0.39, 0.29) is 58.4 Å². The van der Waals surface area contributed by atoms with Crippen molar-refractivity contribution < 1.29 is 38.4 Å². The van der Waals surface area contributed by atoms with Crippen LogP contribution >= 0.6 is 0 Å². The van der Waals surface area contributed by atoms with Crippen molar-refractivity contribution in [2.75, 3.05) is 35.0 Å². The van der Waals surface area contributed by atoms with E-state index in [1.54, 1.807) is 51.7 Å². The van der Waals surface area contributed by atoms with Gasteiger partial charge in [-0.05, 0) is 16.8 Å². The van der Waals surface area contributed by atoms with Gasteiger partial charge in [-0.15, -0.1) is 0 Å². The number of hydrogen-bond acceptors (Lipinski definition) is 8. The summed E-state index contributed by atoms with van der Waals surface area (Å²) in [5.74, 6) is -0.802. The highest BCUT2D eigenvalue weighted by atomic mass is 16.6. The number of carbonyl (C=O) groups is 2. The van der Waals surface area contributed by atoms with E-state index in [9.17, 15) is 14.7 Å². The largest absolute Gasteiger partial charge is 0.507 e. The molecule has 3 aromatic carbocycles. The van der Waals surface area contributed by atoms with Gasteiger partial charge in [0.1, 0.15) is 23.7 Å². The van der Waals surface area contributed by atoms with Crippen LogP contribution in [0.25, 0.3) is 10.8 Å². The second kappa shape index (κ2) is 9.63. The highest BCUT2D eigenvalue weighted by molar-refractivity contribution is 6.34. The molecule has 1 aliphatic heterocycles. The summed E-state index contributed by atoms with van der Waals surface area (Å²) >= 11 is 0. The molecule has 4 atom stereocenters. The number of ether oxygens (including phenoxy) is 5. The van der Waals surface area contributed by atoms with E-state index in [1.807, 2.05) is 12.1 Å². The molecule has 0 bridgehead atoms. The van der Waals surface area contributed by atoms with Gasteiger partial charge in [0.05, 0.1) is 37.1 Å². The van der Waals surface area contributed by atoms with Crippen LogP contribution in [0.5, 0.6) is 11.5 Å². The Bertz CT molecular complexity index is 1350. The number of fused-ring (bicyclic) bond motifs is 4. The first-order valence-corrected chi connectivity index (χ1v) is 11.7. The number of ketones is 2. The van der Waals surface area contributed by atoms with Crippen LogP contribution in [0.4, 0.5) is 0 Å². The smallest absolute Gasteiger partial charge is 0.202 e. The van der Waals surface area contributed by atoms with Crippen LogP contribution in [0.1, 0.15) is 49.9 Å². The van der Waals surface area contributed by atoms with Crippen LogP contribution in [0.2, 0.25) is 0 Å². The summed E-state index contributed by atoms with van der Waals surface area (Å²) < 4.78 is 28.5. The van der Waals surface area contributed by atoms with E-state index >= 15 is 0 Å². The standard InChI is InChI=1S/C28H28O8/c1-32-13-20-28(35-4)19(34-3)12-18(36-20)21-14-8-5-6-9-15(14)23-24(26(21)30)27(31)22-16(25(23)29)10-7-11-17(22)33-2/h5-11,18-20,28,30H,12-13H2,1-4H3/t18-,19-,20-,28+/m1/s1. The SMILES string of the molecule is COC[C@H]1O[C@@H](c2c(O)c3c(c4ccccc24)C(=O)c2cccc(OC)c2C3=O)C[C@@H](OC)[C@@H]1OC. The summed E-state index contributed by atoms with van der Waals surface area (Å²) in [5, 5.41) is 12.9. The summed E-state index contributed by atoms with van der Waals surface area (Å²) in [7, 11) is 6.20. The molecule has 0 aromatic heterocycles. The lowest BCUT2D eigenvalue weighted by Crippen LogP contribution is -2.49. The maximum atomic E-state index is 13.8. The Morgan fingerprint density at radius 1 is 0.889 bits per heavy atom. The molecule has 1 fully saturated rings. The van der Waals surface area contributed by atoms with Crippen molar-refractivity contribution in [1.82, 2.24) is 0 Å². The molecule has 0 unspecified atom stereocenters. The van der Waals surface area contributed by atoms with Gasteiger partial charge in [-0.3, -0.25) is 9.59 Å². The average Bonchev–Trinajstić information content (AvgIpc) is 2.90. The lowest BCUT2D eigenvalue weighted by atomic mass is 9.78. The topological polar surface area (TPSA) is 101 Å². The van der Waals surface area contributed by atoms with Gasteiger partial charge in [0.2, 0.25) is 5.78 Å². The van der Waals surface area contributed by atoms with Gasteiger partial charge in [0.15, 0.2) is 5.78 Å². The molecule has 8 nitrogen and oxygen atoms in total. The third kappa shape index (κ3) is 3.60. The summed E-state index contributed by atoms with van der Waals surface area (Å²) in [6, 6.07) is 12.1. The molecule has 1 saturated heterocycles. The Kier molecular flexibility index (Phi) is 6.53. The number of aromatic hydroxyl groups is 1. The lowest BCUT2D eigenvalue weighted by Gasteiger charge is -2.41. The molecule has 188 valence electrons. The number of phenolic OH excluding ortho intramolecular Hbond substituents is 1. The Morgan fingerprint density at radius 3 is 2.31 bits per heavy atom. The summed E-state index contributed by atoms with van der Waals surface area (Å²) in [6.07, 6.45) is -1.47.